The van der Waals surface area contributed by atoms with Crippen LogP contribution in [0.5, 0.6) is 0 Å². The number of carbonyl (C=O) groups excluding carboxylic acids is 1. The predicted octanol–water partition coefficient (Wildman–Crippen LogP) is 1.56. The molecule has 0 bridgehead atoms. The molecule has 1 unspecified atom stereocenters. The second-order valence-corrected chi connectivity index (χ2v) is 6.36. The summed E-state index contributed by atoms with van der Waals surface area (Å²) >= 11 is 0. The van der Waals surface area contributed by atoms with Crippen LogP contribution in [0.25, 0.3) is 0 Å². The molecule has 0 saturated heterocycles. The minimum Gasteiger partial charge on any atom is -0.370 e. The lowest BCUT2D eigenvalue weighted by Crippen LogP contribution is -2.26. The normalized spacial score (nSPS) is 15.4. The first kappa shape index (κ1) is 18.7. The topological polar surface area (TPSA) is 104 Å². The third kappa shape index (κ3) is 4.96. The SMILES string of the molecule is Cc1nc(C(=O)NCc2cccc(F)n2)nc(NCCC2C=NNC2)c1C. The van der Waals surface area contributed by atoms with Crippen LogP contribution in [-0.4, -0.2) is 40.2 Å². The Bertz CT molecular complexity index is 856. The van der Waals surface area contributed by atoms with Gasteiger partial charge >= 0.3 is 0 Å². The summed E-state index contributed by atoms with van der Waals surface area (Å²) in [5.74, 6) is 0.0836. The van der Waals surface area contributed by atoms with Crippen LogP contribution in [0.15, 0.2) is 23.3 Å². The van der Waals surface area contributed by atoms with Gasteiger partial charge in [0.1, 0.15) is 5.82 Å². The predicted molar refractivity (Wildman–Crippen MR) is 100.0 cm³/mol. The van der Waals surface area contributed by atoms with E-state index in [0.29, 0.717) is 24.0 Å². The van der Waals surface area contributed by atoms with E-state index in [4.69, 9.17) is 0 Å². The molecule has 8 nitrogen and oxygen atoms in total. The van der Waals surface area contributed by atoms with Crippen LogP contribution >= 0.6 is 0 Å². The zero-order valence-electron chi connectivity index (χ0n) is 15.3. The molecule has 0 aromatic carbocycles. The van der Waals surface area contributed by atoms with Crippen molar-refractivity contribution in [3.8, 4) is 0 Å². The number of hydrogen-bond acceptors (Lipinski definition) is 7. The number of aromatic nitrogens is 3. The Hall–Kier alpha value is -3.10. The number of anilines is 1. The molecular weight excluding hydrogens is 349 g/mol. The van der Waals surface area contributed by atoms with Crippen molar-refractivity contribution in [3.63, 3.8) is 0 Å². The van der Waals surface area contributed by atoms with E-state index in [1.807, 2.05) is 20.1 Å². The van der Waals surface area contributed by atoms with Crippen LogP contribution in [0.1, 0.15) is 34.0 Å². The van der Waals surface area contributed by atoms with Crippen molar-refractivity contribution in [2.45, 2.75) is 26.8 Å². The molecular formula is C18H22FN7O. The first-order chi connectivity index (χ1) is 13.0. The number of nitrogens with zero attached hydrogens (tertiary/aromatic N) is 4. The largest absolute Gasteiger partial charge is 0.370 e. The molecule has 142 valence electrons. The Balaban J connectivity index is 1.62. The van der Waals surface area contributed by atoms with Crippen LogP contribution < -0.4 is 16.1 Å². The summed E-state index contributed by atoms with van der Waals surface area (Å²) in [6.45, 7) is 5.40. The Kier molecular flexibility index (Phi) is 5.90. The highest BCUT2D eigenvalue weighted by Crippen LogP contribution is 2.15. The average Bonchev–Trinajstić information content (AvgIpc) is 3.16. The molecule has 1 amide bonds. The van der Waals surface area contributed by atoms with Gasteiger partial charge in [0.05, 0.1) is 12.2 Å². The molecule has 3 rings (SSSR count). The molecule has 0 aliphatic carbocycles. The number of pyridine rings is 1. The van der Waals surface area contributed by atoms with Crippen LogP contribution in [0, 0.1) is 25.7 Å². The molecule has 2 aromatic heterocycles. The number of carbonyl (C=O) groups is 1. The van der Waals surface area contributed by atoms with Crippen molar-refractivity contribution < 1.29 is 9.18 Å². The van der Waals surface area contributed by atoms with E-state index in [9.17, 15) is 9.18 Å². The van der Waals surface area contributed by atoms with Crippen molar-refractivity contribution in [2.24, 2.45) is 11.0 Å². The number of amides is 1. The minimum absolute atomic E-state index is 0.0705. The highest BCUT2D eigenvalue weighted by Gasteiger charge is 2.15. The standard InChI is InChI=1S/C18H22FN7O/c1-11-12(2)24-17(18(27)21-10-14-4-3-5-15(19)25-14)26-16(11)20-7-6-13-8-22-23-9-13/h3-5,8,13,23H,6-7,9-10H2,1-2H3,(H,21,27)(H,20,24,26). The number of nitrogens with one attached hydrogen (secondary N) is 3. The second kappa shape index (κ2) is 8.52. The van der Waals surface area contributed by atoms with Gasteiger partial charge in [0.15, 0.2) is 0 Å². The maximum atomic E-state index is 13.1. The van der Waals surface area contributed by atoms with Crippen molar-refractivity contribution in [3.05, 3.63) is 46.9 Å². The summed E-state index contributed by atoms with van der Waals surface area (Å²) in [5, 5.41) is 9.95. The van der Waals surface area contributed by atoms with Gasteiger partial charge in [0, 0.05) is 36.5 Å². The first-order valence-corrected chi connectivity index (χ1v) is 8.77. The summed E-state index contributed by atoms with van der Waals surface area (Å²) in [4.78, 5) is 24.7. The maximum absolute atomic E-state index is 13.1. The van der Waals surface area contributed by atoms with Crippen LogP contribution in [0.3, 0.4) is 0 Å². The molecule has 1 aliphatic rings. The smallest absolute Gasteiger partial charge is 0.289 e. The summed E-state index contributed by atoms with van der Waals surface area (Å²) in [7, 11) is 0. The number of hydrazone groups is 1. The van der Waals surface area contributed by atoms with Crippen LogP contribution in [0.2, 0.25) is 0 Å². The zero-order chi connectivity index (χ0) is 19.2. The van der Waals surface area contributed by atoms with Gasteiger partial charge in [-0.1, -0.05) is 6.07 Å². The van der Waals surface area contributed by atoms with Gasteiger partial charge in [-0.15, -0.1) is 0 Å². The van der Waals surface area contributed by atoms with Crippen molar-refractivity contribution >= 4 is 17.9 Å². The van der Waals surface area contributed by atoms with Gasteiger partial charge in [-0.05, 0) is 32.4 Å². The van der Waals surface area contributed by atoms with Gasteiger partial charge in [-0.25, -0.2) is 15.0 Å². The first-order valence-electron chi connectivity index (χ1n) is 8.77. The maximum Gasteiger partial charge on any atom is 0.289 e. The molecule has 1 atom stereocenters. The van der Waals surface area contributed by atoms with E-state index in [1.165, 1.54) is 6.07 Å². The van der Waals surface area contributed by atoms with E-state index in [1.54, 1.807) is 12.1 Å². The Morgan fingerprint density at radius 3 is 2.89 bits per heavy atom. The molecule has 2 aromatic rings. The Morgan fingerprint density at radius 1 is 1.30 bits per heavy atom. The van der Waals surface area contributed by atoms with Gasteiger partial charge < -0.3 is 16.1 Å². The van der Waals surface area contributed by atoms with Crippen molar-refractivity contribution in [1.82, 2.24) is 25.7 Å². The van der Waals surface area contributed by atoms with E-state index in [-0.39, 0.29) is 12.4 Å². The third-order valence-corrected chi connectivity index (χ3v) is 4.33. The lowest BCUT2D eigenvalue weighted by atomic mass is 10.1. The Morgan fingerprint density at radius 2 is 2.15 bits per heavy atom. The molecule has 1 aliphatic heterocycles. The minimum atomic E-state index is -0.585. The molecule has 0 saturated carbocycles. The number of halogens is 1. The van der Waals surface area contributed by atoms with Crippen LogP contribution in [0.4, 0.5) is 10.2 Å². The molecule has 3 N–H and O–H groups in total. The third-order valence-electron chi connectivity index (χ3n) is 4.33. The highest BCUT2D eigenvalue weighted by atomic mass is 19.1. The fourth-order valence-electron chi connectivity index (χ4n) is 2.63. The van der Waals surface area contributed by atoms with E-state index in [0.717, 1.165) is 24.2 Å². The van der Waals surface area contributed by atoms with Gasteiger partial charge in [-0.2, -0.15) is 9.49 Å². The van der Waals surface area contributed by atoms with Gasteiger partial charge in [0.2, 0.25) is 11.8 Å². The summed E-state index contributed by atoms with van der Waals surface area (Å²) in [6.07, 6.45) is 2.81. The van der Waals surface area contributed by atoms with Gasteiger partial charge in [0.25, 0.3) is 5.91 Å². The van der Waals surface area contributed by atoms with Gasteiger partial charge in [-0.3, -0.25) is 4.79 Å². The lowest BCUT2D eigenvalue weighted by molar-refractivity contribution is 0.0939. The number of rotatable bonds is 7. The fraction of sp³-hybridized carbons (Fsp3) is 0.389. The molecule has 0 fully saturated rings. The zero-order valence-corrected chi connectivity index (χ0v) is 15.3. The number of aryl methyl sites for hydroxylation is 1. The van der Waals surface area contributed by atoms with Crippen molar-refractivity contribution in [2.75, 3.05) is 18.4 Å². The van der Waals surface area contributed by atoms with E-state index in [2.05, 4.69) is 36.1 Å². The number of hydrogen-bond donors (Lipinski definition) is 3. The Labute approximate surface area is 156 Å². The second-order valence-electron chi connectivity index (χ2n) is 6.36. The van der Waals surface area contributed by atoms with Crippen LogP contribution in [-0.2, 0) is 6.54 Å². The fourth-order valence-corrected chi connectivity index (χ4v) is 2.63. The highest BCUT2D eigenvalue weighted by molar-refractivity contribution is 5.90. The molecule has 9 heteroatoms. The quantitative estimate of drug-likeness (QED) is 0.638. The van der Waals surface area contributed by atoms with Crippen molar-refractivity contribution in [1.29, 1.82) is 0 Å². The molecule has 0 radical (unpaired) electrons. The van der Waals surface area contributed by atoms with E-state index < -0.39 is 11.9 Å². The summed E-state index contributed by atoms with van der Waals surface area (Å²) < 4.78 is 13.1. The average molecular weight is 371 g/mol. The summed E-state index contributed by atoms with van der Waals surface area (Å²) in [5.41, 5.74) is 4.99. The molecule has 0 spiro atoms. The summed E-state index contributed by atoms with van der Waals surface area (Å²) in [6, 6.07) is 4.44. The monoisotopic (exact) mass is 371 g/mol. The molecule has 27 heavy (non-hydrogen) atoms. The molecule has 3 heterocycles. The van der Waals surface area contributed by atoms with E-state index >= 15 is 0 Å². The lowest BCUT2D eigenvalue weighted by Gasteiger charge is -2.13.